The molecule has 0 N–H and O–H groups in total. The molecule has 0 aliphatic carbocycles. The summed E-state index contributed by atoms with van der Waals surface area (Å²) in [6.45, 7) is 11.8. The summed E-state index contributed by atoms with van der Waals surface area (Å²) in [6.07, 6.45) is 6.37. The van der Waals surface area contributed by atoms with Gasteiger partial charge in [0.25, 0.3) is 0 Å². The van der Waals surface area contributed by atoms with E-state index in [0.717, 1.165) is 111 Å². The lowest BCUT2D eigenvalue weighted by Crippen LogP contribution is -2.44. The van der Waals surface area contributed by atoms with Gasteiger partial charge in [-0.05, 0) is 134 Å². The van der Waals surface area contributed by atoms with Crippen LogP contribution in [0.1, 0.15) is 59.6 Å². The number of amides is 1. The van der Waals surface area contributed by atoms with Crippen LogP contribution in [-0.4, -0.2) is 85.1 Å². The van der Waals surface area contributed by atoms with Gasteiger partial charge in [-0.2, -0.15) is 9.98 Å². The Morgan fingerprint density at radius 1 is 0.607 bits per heavy atom. The molecule has 56 heavy (non-hydrogen) atoms. The molecular formula is C45H50N8OS2. The van der Waals surface area contributed by atoms with Crippen LogP contribution < -0.4 is 0 Å². The number of piperidine rings is 2. The van der Waals surface area contributed by atoms with Crippen molar-refractivity contribution >= 4 is 52.0 Å². The maximum absolute atomic E-state index is 13.8. The molecule has 4 aromatic rings. The van der Waals surface area contributed by atoms with E-state index in [1.807, 2.05) is 29.2 Å². The van der Waals surface area contributed by atoms with Gasteiger partial charge < -0.3 is 9.80 Å². The van der Waals surface area contributed by atoms with Gasteiger partial charge in [-0.25, -0.2) is 0 Å². The third-order valence-electron chi connectivity index (χ3n) is 11.3. The van der Waals surface area contributed by atoms with Crippen LogP contribution in [0, 0.1) is 11.8 Å². The first-order valence-electron chi connectivity index (χ1n) is 19.8. The van der Waals surface area contributed by atoms with Crippen LogP contribution in [-0.2, 0) is 43.8 Å². The van der Waals surface area contributed by atoms with Crippen LogP contribution in [0.4, 0.5) is 11.4 Å². The zero-order valence-electron chi connectivity index (χ0n) is 32.1. The van der Waals surface area contributed by atoms with Crippen molar-refractivity contribution in [3.63, 3.8) is 0 Å². The van der Waals surface area contributed by atoms with E-state index in [2.05, 4.69) is 102 Å². The van der Waals surface area contributed by atoms with E-state index in [1.54, 1.807) is 0 Å². The highest BCUT2D eigenvalue weighted by atomic mass is 32.1. The SMILES string of the molecule is C=C(CN1Cc2cccc(n2)CN(CC(=O)N2CCC(Cc3ccc(N=C=S)cc3)CC2)Cc2cccc(n2)C1)N1CCC(Cc2ccc(N=C=S)cc2)CC1. The second kappa shape index (κ2) is 19.4. The van der Waals surface area contributed by atoms with Gasteiger partial charge in [-0.1, -0.05) is 43.0 Å². The number of carbonyl (C=O) groups is 1. The second-order valence-electron chi connectivity index (χ2n) is 15.5. The van der Waals surface area contributed by atoms with Crippen LogP contribution in [0.3, 0.4) is 0 Å². The molecule has 7 rings (SSSR count). The number of likely N-dealkylation sites (tertiary alicyclic amines) is 2. The van der Waals surface area contributed by atoms with Gasteiger partial charge in [0.1, 0.15) is 0 Å². The van der Waals surface area contributed by atoms with Crippen molar-refractivity contribution < 1.29 is 4.79 Å². The molecule has 4 bridgehead atoms. The normalized spacial score (nSPS) is 17.2. The summed E-state index contributed by atoms with van der Waals surface area (Å²) in [5.74, 6) is 1.38. The first-order chi connectivity index (χ1) is 27.4. The zero-order valence-corrected chi connectivity index (χ0v) is 33.7. The molecule has 0 spiro atoms. The number of rotatable bonds is 11. The Kier molecular flexibility index (Phi) is 13.7. The molecule has 0 atom stereocenters. The lowest BCUT2D eigenvalue weighted by molar-refractivity contribution is -0.134. The number of hydrogen-bond acceptors (Lipinski definition) is 10. The van der Waals surface area contributed by atoms with E-state index in [0.29, 0.717) is 44.6 Å². The Hall–Kier alpha value is -4.73. The molecule has 5 heterocycles. The van der Waals surface area contributed by atoms with Gasteiger partial charge in [-0.3, -0.25) is 24.6 Å². The lowest BCUT2D eigenvalue weighted by atomic mass is 9.90. The Labute approximate surface area is 341 Å². The van der Waals surface area contributed by atoms with Crippen molar-refractivity contribution in [1.29, 1.82) is 0 Å². The Morgan fingerprint density at radius 3 is 1.41 bits per heavy atom. The van der Waals surface area contributed by atoms with Gasteiger partial charge >= 0.3 is 0 Å². The van der Waals surface area contributed by atoms with Gasteiger partial charge in [0.15, 0.2) is 0 Å². The molecule has 3 aliphatic heterocycles. The number of benzene rings is 2. The monoisotopic (exact) mass is 782 g/mol. The molecule has 11 heteroatoms. The molecule has 2 aromatic carbocycles. The first kappa shape index (κ1) is 39.5. The van der Waals surface area contributed by atoms with Crippen molar-refractivity contribution in [2.75, 3.05) is 39.3 Å². The molecule has 288 valence electrons. The van der Waals surface area contributed by atoms with Crippen molar-refractivity contribution in [2.45, 2.75) is 64.7 Å². The fraction of sp³-hybridized carbons (Fsp3) is 0.400. The smallest absolute Gasteiger partial charge is 0.236 e. The van der Waals surface area contributed by atoms with Gasteiger partial charge in [0, 0.05) is 64.6 Å². The summed E-state index contributed by atoms with van der Waals surface area (Å²) in [5.41, 5.74) is 9.43. The maximum atomic E-state index is 13.8. The molecule has 0 radical (unpaired) electrons. The Balaban J connectivity index is 0.939. The molecule has 3 aliphatic rings. The summed E-state index contributed by atoms with van der Waals surface area (Å²) in [6, 6.07) is 29.1. The number of aromatic nitrogens is 2. The minimum atomic E-state index is 0.172. The standard InChI is InChI=1S/C45H50N8OS2/c1-34(52-20-16-37(17-21-52)24-35-8-12-39(13-9-35)46-32-55)26-50-27-41-4-2-6-43(48-41)29-51(30-44-7-3-5-42(28-50)49-44)31-45(54)53-22-18-38(19-23-53)25-36-10-14-40(15-11-36)47-33-56/h2-15,37-38H,1,16-31H2. The molecule has 2 aromatic heterocycles. The highest BCUT2D eigenvalue weighted by molar-refractivity contribution is 7.78. The average molecular weight is 783 g/mol. The Bertz CT molecular complexity index is 1870. The molecule has 0 saturated carbocycles. The molecule has 2 saturated heterocycles. The number of hydrogen-bond donors (Lipinski definition) is 0. The number of isothiocyanates is 2. The summed E-state index contributed by atoms with van der Waals surface area (Å²) >= 11 is 9.46. The summed E-state index contributed by atoms with van der Waals surface area (Å²) in [7, 11) is 0. The largest absolute Gasteiger partial charge is 0.374 e. The van der Waals surface area contributed by atoms with Crippen LogP contribution in [0.2, 0.25) is 0 Å². The van der Waals surface area contributed by atoms with Crippen molar-refractivity contribution in [3.8, 4) is 0 Å². The fourth-order valence-electron chi connectivity index (χ4n) is 8.34. The molecule has 0 unspecified atom stereocenters. The van der Waals surface area contributed by atoms with Gasteiger partial charge in [-0.15, -0.1) is 0 Å². The van der Waals surface area contributed by atoms with E-state index in [1.165, 1.54) is 11.1 Å². The summed E-state index contributed by atoms with van der Waals surface area (Å²) in [4.78, 5) is 41.2. The van der Waals surface area contributed by atoms with Crippen LogP contribution >= 0.6 is 24.4 Å². The highest BCUT2D eigenvalue weighted by Gasteiger charge is 2.26. The van der Waals surface area contributed by atoms with Crippen molar-refractivity contribution in [3.05, 3.63) is 131 Å². The predicted octanol–water partition coefficient (Wildman–Crippen LogP) is 8.21. The van der Waals surface area contributed by atoms with Crippen LogP contribution in [0.25, 0.3) is 0 Å². The van der Waals surface area contributed by atoms with Crippen LogP contribution in [0.5, 0.6) is 0 Å². The van der Waals surface area contributed by atoms with E-state index in [-0.39, 0.29) is 5.91 Å². The number of thiocarbonyl (C=S) groups is 2. The number of pyridine rings is 2. The topological polar surface area (TPSA) is 80.5 Å². The lowest BCUT2D eigenvalue weighted by Gasteiger charge is -2.36. The van der Waals surface area contributed by atoms with E-state index >= 15 is 0 Å². The third-order valence-corrected chi connectivity index (χ3v) is 11.5. The minimum absolute atomic E-state index is 0.172. The Morgan fingerprint density at radius 2 is 1.00 bits per heavy atom. The fourth-order valence-corrected chi connectivity index (χ4v) is 8.55. The maximum Gasteiger partial charge on any atom is 0.236 e. The average Bonchev–Trinajstić information content (AvgIpc) is 3.20. The number of fused-ring (bicyclic) bond motifs is 4. The molecular weight excluding hydrogens is 733 g/mol. The summed E-state index contributed by atoms with van der Waals surface area (Å²) < 4.78 is 0. The van der Waals surface area contributed by atoms with Crippen molar-refractivity contribution in [1.82, 2.24) is 29.6 Å². The predicted molar refractivity (Wildman–Crippen MR) is 229 cm³/mol. The third kappa shape index (κ3) is 11.2. The van der Waals surface area contributed by atoms with E-state index in [4.69, 9.17) is 34.4 Å². The zero-order chi connectivity index (χ0) is 38.7. The van der Waals surface area contributed by atoms with Gasteiger partial charge in [0.2, 0.25) is 5.91 Å². The first-order valence-corrected chi connectivity index (χ1v) is 20.6. The van der Waals surface area contributed by atoms with Gasteiger partial charge in [0.05, 0.1) is 51.0 Å². The van der Waals surface area contributed by atoms with Crippen molar-refractivity contribution in [2.24, 2.45) is 21.8 Å². The number of carbonyl (C=O) groups excluding carboxylic acids is 1. The molecule has 2 fully saturated rings. The molecule has 9 nitrogen and oxygen atoms in total. The highest BCUT2D eigenvalue weighted by Crippen LogP contribution is 2.27. The number of nitrogens with zero attached hydrogens (tertiary/aromatic N) is 8. The summed E-state index contributed by atoms with van der Waals surface area (Å²) in [5, 5.41) is 4.87. The van der Waals surface area contributed by atoms with Crippen LogP contribution in [0.15, 0.2) is 107 Å². The molecule has 1 amide bonds. The van der Waals surface area contributed by atoms with E-state index in [9.17, 15) is 4.79 Å². The second-order valence-corrected chi connectivity index (χ2v) is 15.9. The minimum Gasteiger partial charge on any atom is -0.374 e. The van der Waals surface area contributed by atoms with E-state index < -0.39 is 0 Å². The quantitative estimate of drug-likeness (QED) is 0.111. The number of aliphatic imine (C=N–C) groups is 2.